The average molecular weight is 205 g/mol. The van der Waals surface area contributed by atoms with Crippen LogP contribution in [0.5, 0.6) is 0 Å². The largest absolute Gasteiger partial charge is 0.297 e. The topological polar surface area (TPSA) is 55.7 Å². The van der Waals surface area contributed by atoms with Gasteiger partial charge in [0, 0.05) is 12.4 Å². The first-order chi connectivity index (χ1) is 6.81. The van der Waals surface area contributed by atoms with E-state index in [1.165, 1.54) is 17.7 Å². The summed E-state index contributed by atoms with van der Waals surface area (Å²) in [5, 5.41) is 0.783. The minimum Gasteiger partial charge on any atom is -0.297 e. The van der Waals surface area contributed by atoms with Crippen molar-refractivity contribution in [3.8, 4) is 10.6 Å². The molecule has 2 aromatic rings. The van der Waals surface area contributed by atoms with Gasteiger partial charge in [-0.2, -0.15) is 0 Å². The van der Waals surface area contributed by atoms with Crippen LogP contribution in [0.4, 0.5) is 0 Å². The van der Waals surface area contributed by atoms with Gasteiger partial charge in [-0.1, -0.05) is 0 Å². The third-order valence-corrected chi connectivity index (χ3v) is 2.74. The molecule has 0 amide bonds. The van der Waals surface area contributed by atoms with Crippen LogP contribution in [-0.2, 0) is 0 Å². The zero-order valence-electron chi connectivity index (χ0n) is 7.47. The van der Waals surface area contributed by atoms with Gasteiger partial charge in [0.2, 0.25) is 0 Å². The molecule has 0 aromatic carbocycles. The van der Waals surface area contributed by atoms with Crippen molar-refractivity contribution in [1.29, 1.82) is 0 Å². The van der Waals surface area contributed by atoms with E-state index in [0.29, 0.717) is 4.88 Å². The van der Waals surface area contributed by atoms with Gasteiger partial charge < -0.3 is 0 Å². The lowest BCUT2D eigenvalue weighted by Crippen LogP contribution is -1.87. The standard InChI is InChI=1S/C9H7N3OS/c1-6-8(3-10-5-12-6)9-11-2-7(4-13)14-9/h2-5H,1H3. The zero-order chi connectivity index (χ0) is 9.97. The molecule has 0 bridgehead atoms. The van der Waals surface area contributed by atoms with E-state index in [0.717, 1.165) is 22.6 Å². The highest BCUT2D eigenvalue weighted by Gasteiger charge is 2.07. The van der Waals surface area contributed by atoms with Crippen LogP contribution in [0, 0.1) is 6.92 Å². The Morgan fingerprint density at radius 1 is 1.36 bits per heavy atom. The quantitative estimate of drug-likeness (QED) is 0.700. The molecule has 0 radical (unpaired) electrons. The van der Waals surface area contributed by atoms with E-state index in [-0.39, 0.29) is 0 Å². The Bertz CT molecular complexity index is 467. The molecule has 0 unspecified atom stereocenters. The number of aldehydes is 1. The summed E-state index contributed by atoms with van der Waals surface area (Å²) in [4.78, 5) is 23.2. The van der Waals surface area contributed by atoms with Crippen molar-refractivity contribution in [1.82, 2.24) is 15.0 Å². The molecule has 0 atom stereocenters. The number of aryl methyl sites for hydroxylation is 1. The van der Waals surface area contributed by atoms with Gasteiger partial charge in [-0.15, -0.1) is 11.3 Å². The molecule has 0 N–H and O–H groups in total. The Morgan fingerprint density at radius 2 is 2.21 bits per heavy atom. The molecule has 14 heavy (non-hydrogen) atoms. The fourth-order valence-electron chi connectivity index (χ4n) is 1.07. The number of thiazole rings is 1. The van der Waals surface area contributed by atoms with Gasteiger partial charge >= 0.3 is 0 Å². The molecule has 2 heterocycles. The molecule has 70 valence electrons. The average Bonchev–Trinajstić information content (AvgIpc) is 2.67. The second-order valence-electron chi connectivity index (χ2n) is 2.71. The van der Waals surface area contributed by atoms with Crippen molar-refractivity contribution in [3.63, 3.8) is 0 Å². The van der Waals surface area contributed by atoms with Crippen molar-refractivity contribution in [2.75, 3.05) is 0 Å². The van der Waals surface area contributed by atoms with Crippen LogP contribution in [0.1, 0.15) is 15.4 Å². The van der Waals surface area contributed by atoms with Crippen molar-refractivity contribution >= 4 is 17.6 Å². The normalized spacial score (nSPS) is 10.1. The summed E-state index contributed by atoms with van der Waals surface area (Å²) >= 11 is 1.34. The summed E-state index contributed by atoms with van der Waals surface area (Å²) in [7, 11) is 0. The van der Waals surface area contributed by atoms with Crippen LogP contribution in [0.2, 0.25) is 0 Å². The number of nitrogens with zero attached hydrogens (tertiary/aromatic N) is 3. The van der Waals surface area contributed by atoms with Crippen LogP contribution in [0.3, 0.4) is 0 Å². The first-order valence-electron chi connectivity index (χ1n) is 3.99. The molecule has 4 nitrogen and oxygen atoms in total. The lowest BCUT2D eigenvalue weighted by Gasteiger charge is -1.97. The lowest BCUT2D eigenvalue weighted by atomic mass is 10.2. The van der Waals surface area contributed by atoms with Crippen LogP contribution in [-0.4, -0.2) is 21.2 Å². The maximum atomic E-state index is 10.5. The van der Waals surface area contributed by atoms with Gasteiger partial charge in [0.25, 0.3) is 0 Å². The number of hydrogen-bond donors (Lipinski definition) is 0. The molecule has 0 fully saturated rings. The van der Waals surface area contributed by atoms with Crippen LogP contribution >= 0.6 is 11.3 Å². The summed E-state index contributed by atoms with van der Waals surface area (Å²) in [6.45, 7) is 1.89. The van der Waals surface area contributed by atoms with E-state index in [1.54, 1.807) is 12.4 Å². The summed E-state index contributed by atoms with van der Waals surface area (Å²) in [6, 6.07) is 0. The monoisotopic (exact) mass is 205 g/mol. The Labute approximate surface area is 84.7 Å². The lowest BCUT2D eigenvalue weighted by molar-refractivity contribution is 0.112. The number of hydrogen-bond acceptors (Lipinski definition) is 5. The van der Waals surface area contributed by atoms with E-state index >= 15 is 0 Å². The van der Waals surface area contributed by atoms with Crippen molar-refractivity contribution in [2.24, 2.45) is 0 Å². The third-order valence-electron chi connectivity index (χ3n) is 1.78. The van der Waals surface area contributed by atoms with Gasteiger partial charge in [0.15, 0.2) is 6.29 Å². The van der Waals surface area contributed by atoms with Crippen LogP contribution in [0.25, 0.3) is 10.6 Å². The highest BCUT2D eigenvalue weighted by Crippen LogP contribution is 2.24. The van der Waals surface area contributed by atoms with E-state index in [1.807, 2.05) is 6.92 Å². The smallest absolute Gasteiger partial charge is 0.161 e. The predicted octanol–water partition coefficient (Wildman–Crippen LogP) is 1.72. The fourth-order valence-corrected chi connectivity index (χ4v) is 1.86. The maximum absolute atomic E-state index is 10.5. The van der Waals surface area contributed by atoms with Crippen molar-refractivity contribution < 1.29 is 4.79 Å². The highest BCUT2D eigenvalue weighted by molar-refractivity contribution is 7.16. The van der Waals surface area contributed by atoms with Gasteiger partial charge in [0.05, 0.1) is 16.1 Å². The zero-order valence-corrected chi connectivity index (χ0v) is 8.28. The number of aromatic nitrogens is 3. The predicted molar refractivity (Wildman–Crippen MR) is 53.3 cm³/mol. The van der Waals surface area contributed by atoms with Crippen LogP contribution in [0.15, 0.2) is 18.7 Å². The molecule has 0 aliphatic carbocycles. The van der Waals surface area contributed by atoms with E-state index in [4.69, 9.17) is 0 Å². The number of rotatable bonds is 2. The summed E-state index contributed by atoms with van der Waals surface area (Å²) in [5.41, 5.74) is 1.75. The Balaban J connectivity index is 2.49. The molecular weight excluding hydrogens is 198 g/mol. The minimum absolute atomic E-state index is 0.614. The summed E-state index contributed by atoms with van der Waals surface area (Å²) in [5.74, 6) is 0. The van der Waals surface area contributed by atoms with E-state index < -0.39 is 0 Å². The summed E-state index contributed by atoms with van der Waals surface area (Å²) < 4.78 is 0. The second kappa shape index (κ2) is 3.63. The molecule has 0 aliphatic rings. The Hall–Kier alpha value is -1.62. The molecule has 0 saturated heterocycles. The van der Waals surface area contributed by atoms with E-state index in [2.05, 4.69) is 15.0 Å². The first-order valence-corrected chi connectivity index (χ1v) is 4.81. The third kappa shape index (κ3) is 1.54. The molecule has 0 aliphatic heterocycles. The van der Waals surface area contributed by atoms with Gasteiger partial charge in [-0.25, -0.2) is 15.0 Å². The molecule has 5 heteroatoms. The maximum Gasteiger partial charge on any atom is 0.161 e. The molecular formula is C9H7N3OS. The molecule has 2 rings (SSSR count). The summed E-state index contributed by atoms with van der Waals surface area (Å²) in [6.07, 6.45) is 5.54. The van der Waals surface area contributed by atoms with Crippen molar-refractivity contribution in [3.05, 3.63) is 29.3 Å². The molecule has 0 saturated carbocycles. The molecule has 0 spiro atoms. The SMILES string of the molecule is Cc1ncncc1-c1ncc(C=O)s1. The van der Waals surface area contributed by atoms with Crippen molar-refractivity contribution in [2.45, 2.75) is 6.92 Å². The van der Waals surface area contributed by atoms with Gasteiger partial charge in [-0.05, 0) is 6.92 Å². The Kier molecular flexibility index (Phi) is 2.32. The molecule has 2 aromatic heterocycles. The first kappa shape index (κ1) is 8.96. The number of carbonyl (C=O) groups excluding carboxylic acids is 1. The fraction of sp³-hybridized carbons (Fsp3) is 0.111. The Morgan fingerprint density at radius 3 is 2.86 bits per heavy atom. The number of carbonyl (C=O) groups is 1. The van der Waals surface area contributed by atoms with Gasteiger partial charge in [0.1, 0.15) is 11.3 Å². The van der Waals surface area contributed by atoms with E-state index in [9.17, 15) is 4.79 Å². The minimum atomic E-state index is 0.614. The van der Waals surface area contributed by atoms with Crippen LogP contribution < -0.4 is 0 Å². The second-order valence-corrected chi connectivity index (χ2v) is 3.77. The highest BCUT2D eigenvalue weighted by atomic mass is 32.1. The van der Waals surface area contributed by atoms with Gasteiger partial charge in [-0.3, -0.25) is 4.79 Å².